The van der Waals surface area contributed by atoms with Crippen molar-refractivity contribution in [2.24, 2.45) is 7.05 Å². The van der Waals surface area contributed by atoms with Gasteiger partial charge in [-0.15, -0.1) is 0 Å². The van der Waals surface area contributed by atoms with E-state index in [1.165, 1.54) is 0 Å². The van der Waals surface area contributed by atoms with E-state index in [9.17, 15) is 0 Å². The van der Waals surface area contributed by atoms with Crippen LogP contribution >= 0.6 is 0 Å². The van der Waals surface area contributed by atoms with Crippen molar-refractivity contribution in [3.8, 4) is 22.8 Å². The normalized spacial score (nSPS) is 10.3. The molecule has 0 atom stereocenters. The van der Waals surface area contributed by atoms with Crippen molar-refractivity contribution in [2.75, 3.05) is 20.0 Å². The first-order valence-corrected chi connectivity index (χ1v) is 5.18. The summed E-state index contributed by atoms with van der Waals surface area (Å²) >= 11 is 0. The third-order valence-corrected chi connectivity index (χ3v) is 2.59. The predicted molar refractivity (Wildman–Crippen MR) is 66.2 cm³/mol. The monoisotopic (exact) mass is 233 g/mol. The van der Waals surface area contributed by atoms with Crippen LogP contribution in [0.2, 0.25) is 0 Å². The standard InChI is InChI=1S/C12H15N3O2/c1-15-11(13)7-9(14-15)8-5-4-6-10(16-2)12(8)17-3/h4-7H,13H2,1-3H3. The lowest BCUT2D eigenvalue weighted by atomic mass is 10.1. The largest absolute Gasteiger partial charge is 0.493 e. The maximum atomic E-state index is 5.77. The summed E-state index contributed by atoms with van der Waals surface area (Å²) in [6, 6.07) is 7.45. The fraction of sp³-hybridized carbons (Fsp3) is 0.250. The fourth-order valence-electron chi connectivity index (χ4n) is 1.70. The number of aryl methyl sites for hydroxylation is 1. The Hall–Kier alpha value is -2.17. The smallest absolute Gasteiger partial charge is 0.170 e. The number of benzene rings is 1. The van der Waals surface area contributed by atoms with Crippen molar-refractivity contribution in [1.29, 1.82) is 0 Å². The lowest BCUT2D eigenvalue weighted by molar-refractivity contribution is 0.356. The summed E-state index contributed by atoms with van der Waals surface area (Å²) < 4.78 is 12.2. The highest BCUT2D eigenvalue weighted by Gasteiger charge is 2.14. The Morgan fingerprint density at radius 3 is 2.53 bits per heavy atom. The first-order valence-electron chi connectivity index (χ1n) is 5.18. The zero-order valence-electron chi connectivity index (χ0n) is 10.1. The number of methoxy groups -OCH3 is 2. The Morgan fingerprint density at radius 1 is 1.24 bits per heavy atom. The summed E-state index contributed by atoms with van der Waals surface area (Å²) in [6.07, 6.45) is 0. The van der Waals surface area contributed by atoms with Gasteiger partial charge < -0.3 is 15.2 Å². The Kier molecular flexibility index (Phi) is 2.91. The molecule has 1 heterocycles. The Morgan fingerprint density at radius 2 is 2.00 bits per heavy atom. The number of anilines is 1. The summed E-state index contributed by atoms with van der Waals surface area (Å²) in [4.78, 5) is 0. The third-order valence-electron chi connectivity index (χ3n) is 2.59. The third kappa shape index (κ3) is 1.91. The molecule has 0 spiro atoms. The molecule has 0 amide bonds. The highest BCUT2D eigenvalue weighted by Crippen LogP contribution is 2.37. The molecular formula is C12H15N3O2. The molecule has 0 saturated carbocycles. The SMILES string of the molecule is COc1cccc(-c2cc(N)n(C)n2)c1OC. The predicted octanol–water partition coefficient (Wildman–Crippen LogP) is 1.69. The van der Waals surface area contributed by atoms with Gasteiger partial charge in [0, 0.05) is 18.7 Å². The lowest BCUT2D eigenvalue weighted by Crippen LogP contribution is -1.97. The van der Waals surface area contributed by atoms with Gasteiger partial charge in [-0.1, -0.05) is 6.07 Å². The van der Waals surface area contributed by atoms with Gasteiger partial charge in [-0.25, -0.2) is 0 Å². The van der Waals surface area contributed by atoms with Gasteiger partial charge in [0.1, 0.15) is 5.82 Å². The first kappa shape index (κ1) is 11.3. The van der Waals surface area contributed by atoms with Gasteiger partial charge in [-0.3, -0.25) is 4.68 Å². The minimum Gasteiger partial charge on any atom is -0.493 e. The molecule has 5 heteroatoms. The van der Waals surface area contributed by atoms with Crippen molar-refractivity contribution in [3.63, 3.8) is 0 Å². The average Bonchev–Trinajstić information content (AvgIpc) is 2.68. The quantitative estimate of drug-likeness (QED) is 0.876. The molecule has 90 valence electrons. The summed E-state index contributed by atoms with van der Waals surface area (Å²) in [7, 11) is 5.01. The Bertz CT molecular complexity index is 515. The number of nitrogens with zero attached hydrogens (tertiary/aromatic N) is 2. The first-order chi connectivity index (χ1) is 8.17. The van der Waals surface area contributed by atoms with Crippen LogP contribution in [0.25, 0.3) is 11.3 Å². The molecule has 0 saturated heterocycles. The van der Waals surface area contributed by atoms with Gasteiger partial charge in [0.15, 0.2) is 11.5 Å². The van der Waals surface area contributed by atoms with E-state index in [-0.39, 0.29) is 0 Å². The Labute approximate surface area is 99.8 Å². The van der Waals surface area contributed by atoms with Crippen LogP contribution in [-0.4, -0.2) is 24.0 Å². The van der Waals surface area contributed by atoms with E-state index >= 15 is 0 Å². The van der Waals surface area contributed by atoms with Crippen LogP contribution in [-0.2, 0) is 7.05 Å². The second kappa shape index (κ2) is 4.37. The molecule has 0 aliphatic carbocycles. The number of aromatic nitrogens is 2. The molecule has 0 unspecified atom stereocenters. The van der Waals surface area contributed by atoms with Crippen LogP contribution in [0.15, 0.2) is 24.3 Å². The highest BCUT2D eigenvalue weighted by molar-refractivity contribution is 5.72. The van der Waals surface area contributed by atoms with Crippen LogP contribution in [0.4, 0.5) is 5.82 Å². The molecule has 5 nitrogen and oxygen atoms in total. The topological polar surface area (TPSA) is 62.3 Å². The second-order valence-electron chi connectivity index (χ2n) is 3.62. The second-order valence-corrected chi connectivity index (χ2v) is 3.62. The molecule has 0 aliphatic heterocycles. The average molecular weight is 233 g/mol. The van der Waals surface area contributed by atoms with Gasteiger partial charge in [-0.05, 0) is 12.1 Å². The van der Waals surface area contributed by atoms with E-state index in [1.807, 2.05) is 18.2 Å². The number of hydrogen-bond donors (Lipinski definition) is 1. The van der Waals surface area contributed by atoms with Crippen molar-refractivity contribution >= 4 is 5.82 Å². The summed E-state index contributed by atoms with van der Waals surface area (Å²) in [6.45, 7) is 0. The van der Waals surface area contributed by atoms with Crippen molar-refractivity contribution in [3.05, 3.63) is 24.3 Å². The zero-order chi connectivity index (χ0) is 12.4. The Balaban J connectivity index is 2.58. The number of nitrogen functional groups attached to an aromatic ring is 1. The van der Waals surface area contributed by atoms with Crippen LogP contribution in [0, 0.1) is 0 Å². The fourth-order valence-corrected chi connectivity index (χ4v) is 1.70. The van der Waals surface area contributed by atoms with Crippen LogP contribution in [0.3, 0.4) is 0 Å². The van der Waals surface area contributed by atoms with Crippen LogP contribution in [0.5, 0.6) is 11.5 Å². The zero-order valence-corrected chi connectivity index (χ0v) is 10.1. The van der Waals surface area contributed by atoms with Gasteiger partial charge in [0.2, 0.25) is 0 Å². The molecule has 0 fully saturated rings. The number of hydrogen-bond acceptors (Lipinski definition) is 4. The van der Waals surface area contributed by atoms with E-state index in [1.54, 1.807) is 32.0 Å². The highest BCUT2D eigenvalue weighted by atomic mass is 16.5. The maximum absolute atomic E-state index is 5.77. The molecule has 2 N–H and O–H groups in total. The molecule has 17 heavy (non-hydrogen) atoms. The minimum absolute atomic E-state index is 0.602. The van der Waals surface area contributed by atoms with E-state index in [2.05, 4.69) is 5.10 Å². The van der Waals surface area contributed by atoms with Crippen molar-refractivity contribution < 1.29 is 9.47 Å². The molecule has 0 aliphatic rings. The van der Waals surface area contributed by atoms with Crippen LogP contribution in [0.1, 0.15) is 0 Å². The van der Waals surface area contributed by atoms with E-state index in [0.717, 1.165) is 11.3 Å². The van der Waals surface area contributed by atoms with Crippen molar-refractivity contribution in [1.82, 2.24) is 9.78 Å². The molecule has 2 rings (SSSR count). The molecule has 0 bridgehead atoms. The lowest BCUT2D eigenvalue weighted by Gasteiger charge is -2.10. The molecular weight excluding hydrogens is 218 g/mol. The number of ether oxygens (including phenoxy) is 2. The summed E-state index contributed by atoms with van der Waals surface area (Å²) in [5, 5.41) is 4.32. The number of para-hydroxylation sites is 1. The maximum Gasteiger partial charge on any atom is 0.170 e. The number of rotatable bonds is 3. The van der Waals surface area contributed by atoms with Gasteiger partial charge in [0.25, 0.3) is 0 Å². The van der Waals surface area contributed by atoms with Crippen molar-refractivity contribution in [2.45, 2.75) is 0 Å². The summed E-state index contributed by atoms with van der Waals surface area (Å²) in [5.41, 5.74) is 7.39. The molecule has 1 aromatic carbocycles. The van der Waals surface area contributed by atoms with Gasteiger partial charge in [0.05, 0.1) is 19.9 Å². The number of nitrogens with two attached hydrogens (primary N) is 1. The summed E-state index contributed by atoms with van der Waals surface area (Å²) in [5.74, 6) is 1.94. The van der Waals surface area contributed by atoms with Crippen LogP contribution < -0.4 is 15.2 Å². The van der Waals surface area contributed by atoms with E-state index < -0.39 is 0 Å². The minimum atomic E-state index is 0.602. The molecule has 2 aromatic rings. The van der Waals surface area contributed by atoms with E-state index in [4.69, 9.17) is 15.2 Å². The van der Waals surface area contributed by atoms with Gasteiger partial charge in [-0.2, -0.15) is 5.10 Å². The molecule has 1 aromatic heterocycles. The van der Waals surface area contributed by atoms with Gasteiger partial charge >= 0.3 is 0 Å². The van der Waals surface area contributed by atoms with E-state index in [0.29, 0.717) is 17.3 Å². The molecule has 0 radical (unpaired) electrons.